The predicted molar refractivity (Wildman–Crippen MR) is 71.2 cm³/mol. The van der Waals surface area contributed by atoms with Gasteiger partial charge in [0, 0.05) is 12.8 Å². The molecule has 0 radical (unpaired) electrons. The van der Waals surface area contributed by atoms with E-state index >= 15 is 0 Å². The molecule has 98 valence electrons. The SMILES string of the molecule is CO[C@@H](C(=O)Nc1cccc(F)c1)c1ccccc1. The molecule has 0 aliphatic rings. The number of hydrogen-bond donors (Lipinski definition) is 1. The molecule has 1 N–H and O–H groups in total. The van der Waals surface area contributed by atoms with Crippen LogP contribution in [0.2, 0.25) is 0 Å². The second-order valence-electron chi connectivity index (χ2n) is 4.03. The molecule has 2 aromatic rings. The molecule has 3 nitrogen and oxygen atoms in total. The third-order valence-electron chi connectivity index (χ3n) is 2.67. The van der Waals surface area contributed by atoms with E-state index in [0.29, 0.717) is 5.69 Å². The maximum absolute atomic E-state index is 13.0. The summed E-state index contributed by atoms with van der Waals surface area (Å²) in [6, 6.07) is 14.9. The molecule has 0 aliphatic heterocycles. The van der Waals surface area contributed by atoms with Crippen LogP contribution in [0.3, 0.4) is 0 Å². The van der Waals surface area contributed by atoms with E-state index in [4.69, 9.17) is 4.74 Å². The van der Waals surface area contributed by atoms with Crippen LogP contribution in [0.15, 0.2) is 54.6 Å². The molecular weight excluding hydrogens is 245 g/mol. The van der Waals surface area contributed by atoms with Crippen molar-refractivity contribution in [3.8, 4) is 0 Å². The first-order valence-electron chi connectivity index (χ1n) is 5.85. The molecule has 2 aromatic carbocycles. The summed E-state index contributed by atoms with van der Waals surface area (Å²) in [6.45, 7) is 0. The van der Waals surface area contributed by atoms with Crippen LogP contribution in [0.4, 0.5) is 10.1 Å². The monoisotopic (exact) mass is 259 g/mol. The molecule has 4 heteroatoms. The average molecular weight is 259 g/mol. The van der Waals surface area contributed by atoms with Crippen LogP contribution >= 0.6 is 0 Å². The van der Waals surface area contributed by atoms with Crippen LogP contribution in [0.25, 0.3) is 0 Å². The predicted octanol–water partition coefficient (Wildman–Crippen LogP) is 3.15. The highest BCUT2D eigenvalue weighted by atomic mass is 19.1. The van der Waals surface area contributed by atoms with E-state index in [2.05, 4.69) is 5.32 Å². The van der Waals surface area contributed by atoms with Gasteiger partial charge in [-0.3, -0.25) is 4.79 Å². The Hall–Kier alpha value is -2.20. The fourth-order valence-electron chi connectivity index (χ4n) is 1.80. The van der Waals surface area contributed by atoms with E-state index in [-0.39, 0.29) is 5.91 Å². The molecular formula is C15H14FNO2. The number of hydrogen-bond acceptors (Lipinski definition) is 2. The molecule has 2 rings (SSSR count). The van der Waals surface area contributed by atoms with Crippen LogP contribution in [-0.2, 0) is 9.53 Å². The highest BCUT2D eigenvalue weighted by Gasteiger charge is 2.19. The van der Waals surface area contributed by atoms with Crippen molar-refractivity contribution in [2.45, 2.75) is 6.10 Å². The van der Waals surface area contributed by atoms with Gasteiger partial charge in [0.1, 0.15) is 5.82 Å². The summed E-state index contributed by atoms with van der Waals surface area (Å²) in [5.74, 6) is -0.731. The Bertz CT molecular complexity index is 557. The lowest BCUT2D eigenvalue weighted by Gasteiger charge is -2.15. The fraction of sp³-hybridized carbons (Fsp3) is 0.133. The third kappa shape index (κ3) is 3.39. The molecule has 0 spiro atoms. The largest absolute Gasteiger partial charge is 0.367 e. The summed E-state index contributed by atoms with van der Waals surface area (Å²) in [5.41, 5.74) is 1.15. The van der Waals surface area contributed by atoms with Gasteiger partial charge in [-0.15, -0.1) is 0 Å². The van der Waals surface area contributed by atoms with Crippen molar-refractivity contribution in [2.24, 2.45) is 0 Å². The summed E-state index contributed by atoms with van der Waals surface area (Å²) in [5, 5.41) is 2.63. The zero-order valence-electron chi connectivity index (χ0n) is 10.5. The van der Waals surface area contributed by atoms with E-state index in [9.17, 15) is 9.18 Å². The first-order valence-corrected chi connectivity index (χ1v) is 5.85. The molecule has 0 saturated carbocycles. The number of carbonyl (C=O) groups is 1. The number of rotatable bonds is 4. The summed E-state index contributed by atoms with van der Waals surface area (Å²) in [6.07, 6.45) is -0.718. The van der Waals surface area contributed by atoms with Crippen molar-refractivity contribution in [3.05, 3.63) is 66.0 Å². The van der Waals surface area contributed by atoms with Gasteiger partial charge < -0.3 is 10.1 Å². The fourth-order valence-corrected chi connectivity index (χ4v) is 1.80. The van der Waals surface area contributed by atoms with Gasteiger partial charge in [0.2, 0.25) is 0 Å². The lowest BCUT2D eigenvalue weighted by Crippen LogP contribution is -2.22. The van der Waals surface area contributed by atoms with E-state index < -0.39 is 11.9 Å². The first kappa shape index (κ1) is 13.2. The van der Waals surface area contributed by atoms with Crippen molar-refractivity contribution in [3.63, 3.8) is 0 Å². The number of nitrogens with one attached hydrogen (secondary N) is 1. The van der Waals surface area contributed by atoms with Crippen LogP contribution in [0.1, 0.15) is 11.7 Å². The van der Waals surface area contributed by atoms with Gasteiger partial charge in [0.25, 0.3) is 5.91 Å². The van der Waals surface area contributed by atoms with E-state index in [1.165, 1.54) is 25.3 Å². The third-order valence-corrected chi connectivity index (χ3v) is 2.67. The molecule has 1 amide bonds. The standard InChI is InChI=1S/C15H14FNO2/c1-19-14(11-6-3-2-4-7-11)15(18)17-13-9-5-8-12(16)10-13/h2-10,14H,1H3,(H,17,18)/t14-/m1/s1. The minimum atomic E-state index is -0.718. The molecule has 0 heterocycles. The minimum absolute atomic E-state index is 0.334. The molecule has 0 aromatic heterocycles. The molecule has 0 saturated heterocycles. The summed E-state index contributed by atoms with van der Waals surface area (Å²) >= 11 is 0. The van der Waals surface area contributed by atoms with Gasteiger partial charge >= 0.3 is 0 Å². The Balaban J connectivity index is 2.14. The maximum atomic E-state index is 13.0. The lowest BCUT2D eigenvalue weighted by atomic mass is 10.1. The number of carbonyl (C=O) groups excluding carboxylic acids is 1. The highest BCUT2D eigenvalue weighted by Crippen LogP contribution is 2.19. The lowest BCUT2D eigenvalue weighted by molar-refractivity contribution is -0.126. The molecule has 1 atom stereocenters. The first-order chi connectivity index (χ1) is 9.20. The van der Waals surface area contributed by atoms with Crippen molar-refractivity contribution < 1.29 is 13.9 Å². The van der Waals surface area contributed by atoms with Gasteiger partial charge in [-0.25, -0.2) is 4.39 Å². The second-order valence-corrected chi connectivity index (χ2v) is 4.03. The van der Waals surface area contributed by atoms with Crippen molar-refractivity contribution in [1.82, 2.24) is 0 Å². The number of benzene rings is 2. The van der Waals surface area contributed by atoms with Gasteiger partial charge in [-0.1, -0.05) is 36.4 Å². The van der Waals surface area contributed by atoms with Crippen molar-refractivity contribution in [2.75, 3.05) is 12.4 Å². The number of ether oxygens (including phenoxy) is 1. The number of methoxy groups -OCH3 is 1. The molecule has 0 fully saturated rings. The van der Waals surface area contributed by atoms with Crippen LogP contribution < -0.4 is 5.32 Å². The Kier molecular flexibility index (Phi) is 4.26. The van der Waals surface area contributed by atoms with Crippen LogP contribution in [0, 0.1) is 5.82 Å². The maximum Gasteiger partial charge on any atom is 0.258 e. The zero-order valence-corrected chi connectivity index (χ0v) is 10.5. The number of amides is 1. The van der Waals surface area contributed by atoms with Crippen molar-refractivity contribution >= 4 is 11.6 Å². The molecule has 0 unspecified atom stereocenters. The number of anilines is 1. The normalized spacial score (nSPS) is 11.9. The quantitative estimate of drug-likeness (QED) is 0.916. The Morgan fingerprint density at radius 3 is 2.53 bits per heavy atom. The van der Waals surface area contributed by atoms with E-state index in [0.717, 1.165) is 5.56 Å². The topological polar surface area (TPSA) is 38.3 Å². The van der Waals surface area contributed by atoms with Gasteiger partial charge in [-0.2, -0.15) is 0 Å². The van der Waals surface area contributed by atoms with Gasteiger partial charge in [0.15, 0.2) is 6.10 Å². The molecule has 0 bridgehead atoms. The van der Waals surface area contributed by atoms with E-state index in [1.807, 2.05) is 18.2 Å². The summed E-state index contributed by atoms with van der Waals surface area (Å²) < 4.78 is 18.2. The van der Waals surface area contributed by atoms with Gasteiger partial charge in [-0.05, 0) is 23.8 Å². The summed E-state index contributed by atoms with van der Waals surface area (Å²) in [4.78, 5) is 12.1. The second kappa shape index (κ2) is 6.11. The Labute approximate surface area is 111 Å². The summed E-state index contributed by atoms with van der Waals surface area (Å²) in [7, 11) is 1.46. The zero-order chi connectivity index (χ0) is 13.7. The molecule has 19 heavy (non-hydrogen) atoms. The van der Waals surface area contributed by atoms with Crippen LogP contribution in [-0.4, -0.2) is 13.0 Å². The highest BCUT2D eigenvalue weighted by molar-refractivity contribution is 5.94. The van der Waals surface area contributed by atoms with Crippen molar-refractivity contribution in [1.29, 1.82) is 0 Å². The molecule has 0 aliphatic carbocycles. The number of halogens is 1. The van der Waals surface area contributed by atoms with Gasteiger partial charge in [0.05, 0.1) is 0 Å². The van der Waals surface area contributed by atoms with Crippen LogP contribution in [0.5, 0.6) is 0 Å². The van der Waals surface area contributed by atoms with E-state index in [1.54, 1.807) is 18.2 Å². The average Bonchev–Trinajstić information content (AvgIpc) is 2.41. The Morgan fingerprint density at radius 1 is 1.16 bits per heavy atom. The Morgan fingerprint density at radius 2 is 1.89 bits per heavy atom. The smallest absolute Gasteiger partial charge is 0.258 e. The minimum Gasteiger partial charge on any atom is -0.367 e.